The van der Waals surface area contributed by atoms with E-state index in [2.05, 4.69) is 26.2 Å². The number of ether oxygens (including phenoxy) is 1. The van der Waals surface area contributed by atoms with E-state index in [1.54, 1.807) is 0 Å². The van der Waals surface area contributed by atoms with Gasteiger partial charge >= 0.3 is 0 Å². The molecule has 0 spiro atoms. The highest BCUT2D eigenvalue weighted by molar-refractivity contribution is 9.10. The smallest absolute Gasteiger partial charge is 0.239 e. The topological polar surface area (TPSA) is 51.2 Å². The molecule has 1 atom stereocenters. The van der Waals surface area contributed by atoms with Crippen LogP contribution in [0.3, 0.4) is 0 Å². The minimum atomic E-state index is -0.200. The van der Waals surface area contributed by atoms with Crippen molar-refractivity contribution in [3.05, 3.63) is 54.1 Å². The zero-order chi connectivity index (χ0) is 16.9. The molecule has 0 saturated carbocycles. The molecule has 0 unspecified atom stereocenters. The van der Waals surface area contributed by atoms with Gasteiger partial charge in [0.2, 0.25) is 5.91 Å². The molecule has 0 bridgehead atoms. The third-order valence-electron chi connectivity index (χ3n) is 3.48. The van der Waals surface area contributed by atoms with Crippen molar-refractivity contribution in [2.75, 3.05) is 5.32 Å². The molecule has 3 rings (SSSR count). The molecule has 3 aromatic rings. The SMILES string of the molecule is CC[C@H](Br)C(=O)Nc1nc2ccc(OCc3ccccc3)cc2s1. The van der Waals surface area contributed by atoms with Crippen LogP contribution in [0.2, 0.25) is 0 Å². The number of fused-ring (bicyclic) bond motifs is 1. The predicted octanol–water partition coefficient (Wildman–Crippen LogP) is 4.99. The Morgan fingerprint density at radius 1 is 1.29 bits per heavy atom. The molecule has 1 heterocycles. The van der Waals surface area contributed by atoms with E-state index in [0.29, 0.717) is 11.7 Å². The van der Waals surface area contributed by atoms with Gasteiger partial charge in [-0.15, -0.1) is 0 Å². The van der Waals surface area contributed by atoms with Gasteiger partial charge in [0.1, 0.15) is 12.4 Å². The van der Waals surface area contributed by atoms with Crippen molar-refractivity contribution >= 4 is 48.5 Å². The quantitative estimate of drug-likeness (QED) is 0.588. The molecule has 6 heteroatoms. The molecule has 2 aromatic carbocycles. The number of benzene rings is 2. The van der Waals surface area contributed by atoms with Crippen LogP contribution < -0.4 is 10.1 Å². The fourth-order valence-corrected chi connectivity index (χ4v) is 3.17. The number of amides is 1. The fraction of sp³-hybridized carbons (Fsp3) is 0.222. The van der Waals surface area contributed by atoms with Crippen molar-refractivity contribution in [2.45, 2.75) is 24.8 Å². The summed E-state index contributed by atoms with van der Waals surface area (Å²) in [5.74, 6) is 0.719. The Hall–Kier alpha value is -1.92. The number of rotatable bonds is 6. The first-order chi connectivity index (χ1) is 11.7. The first kappa shape index (κ1) is 16.9. The van der Waals surface area contributed by atoms with E-state index in [0.717, 1.165) is 28.0 Å². The van der Waals surface area contributed by atoms with Crippen LogP contribution in [0.4, 0.5) is 5.13 Å². The minimum absolute atomic E-state index is 0.0721. The normalized spacial score (nSPS) is 12.1. The number of hydrogen-bond acceptors (Lipinski definition) is 4. The Balaban J connectivity index is 1.70. The number of thiazole rings is 1. The van der Waals surface area contributed by atoms with Gasteiger partial charge in [0.15, 0.2) is 5.13 Å². The van der Waals surface area contributed by atoms with Crippen LogP contribution in [-0.4, -0.2) is 15.7 Å². The summed E-state index contributed by atoms with van der Waals surface area (Å²) in [6.07, 6.45) is 0.730. The van der Waals surface area contributed by atoms with Crippen molar-refractivity contribution in [3.63, 3.8) is 0 Å². The lowest BCUT2D eigenvalue weighted by Gasteiger charge is -2.05. The molecule has 124 valence electrons. The molecule has 0 radical (unpaired) electrons. The monoisotopic (exact) mass is 404 g/mol. The molecular formula is C18H17BrN2O2S. The molecule has 1 amide bonds. The van der Waals surface area contributed by atoms with Gasteiger partial charge in [0.05, 0.1) is 15.0 Å². The zero-order valence-electron chi connectivity index (χ0n) is 13.2. The molecule has 0 saturated heterocycles. The van der Waals surface area contributed by atoms with Crippen molar-refractivity contribution in [1.82, 2.24) is 4.98 Å². The van der Waals surface area contributed by atoms with Crippen molar-refractivity contribution in [2.24, 2.45) is 0 Å². The number of aromatic nitrogens is 1. The Morgan fingerprint density at radius 3 is 2.83 bits per heavy atom. The Labute approximate surface area is 153 Å². The van der Waals surface area contributed by atoms with Crippen LogP contribution >= 0.6 is 27.3 Å². The molecule has 1 N–H and O–H groups in total. The molecule has 1 aromatic heterocycles. The summed E-state index contributed by atoms with van der Waals surface area (Å²) in [6, 6.07) is 15.8. The van der Waals surface area contributed by atoms with Crippen LogP contribution in [0, 0.1) is 0 Å². The first-order valence-electron chi connectivity index (χ1n) is 7.68. The average molecular weight is 405 g/mol. The van der Waals surface area contributed by atoms with Gasteiger partial charge in [-0.2, -0.15) is 0 Å². The molecular weight excluding hydrogens is 388 g/mol. The number of carbonyl (C=O) groups excluding carboxylic acids is 1. The van der Waals surface area contributed by atoms with Crippen LogP contribution in [0.5, 0.6) is 5.75 Å². The lowest BCUT2D eigenvalue weighted by molar-refractivity contribution is -0.115. The van der Waals surface area contributed by atoms with E-state index < -0.39 is 0 Å². The van der Waals surface area contributed by atoms with E-state index in [-0.39, 0.29) is 10.7 Å². The van der Waals surface area contributed by atoms with Crippen molar-refractivity contribution in [1.29, 1.82) is 0 Å². The predicted molar refractivity (Wildman–Crippen MR) is 102 cm³/mol. The van der Waals surface area contributed by atoms with Gasteiger partial charge in [-0.3, -0.25) is 4.79 Å². The van der Waals surface area contributed by atoms with E-state index in [4.69, 9.17) is 4.74 Å². The van der Waals surface area contributed by atoms with Crippen LogP contribution in [-0.2, 0) is 11.4 Å². The van der Waals surface area contributed by atoms with Crippen molar-refractivity contribution < 1.29 is 9.53 Å². The average Bonchev–Trinajstić information content (AvgIpc) is 3.01. The van der Waals surface area contributed by atoms with Crippen LogP contribution in [0.25, 0.3) is 10.2 Å². The van der Waals surface area contributed by atoms with Gasteiger partial charge < -0.3 is 10.1 Å². The number of anilines is 1. The van der Waals surface area contributed by atoms with Crippen LogP contribution in [0.15, 0.2) is 48.5 Å². The Morgan fingerprint density at radius 2 is 2.08 bits per heavy atom. The largest absolute Gasteiger partial charge is 0.489 e. The lowest BCUT2D eigenvalue weighted by Crippen LogP contribution is -2.21. The number of nitrogens with one attached hydrogen (secondary N) is 1. The molecule has 0 fully saturated rings. The summed E-state index contributed by atoms with van der Waals surface area (Å²) in [4.78, 5) is 16.2. The fourth-order valence-electron chi connectivity index (χ4n) is 2.16. The standard InChI is InChI=1S/C18H17BrN2O2S/c1-2-14(19)17(22)21-18-20-15-9-8-13(10-16(15)24-18)23-11-12-6-4-3-5-7-12/h3-10,14H,2,11H2,1H3,(H,20,21,22)/t14-/m0/s1. The zero-order valence-corrected chi connectivity index (χ0v) is 15.6. The third-order valence-corrected chi connectivity index (χ3v) is 5.48. The second kappa shape index (κ2) is 7.77. The molecule has 0 aliphatic rings. The third kappa shape index (κ3) is 4.13. The first-order valence-corrected chi connectivity index (χ1v) is 9.41. The van der Waals surface area contributed by atoms with Crippen molar-refractivity contribution in [3.8, 4) is 5.75 Å². The second-order valence-electron chi connectivity index (χ2n) is 5.29. The van der Waals surface area contributed by atoms with Gasteiger partial charge in [0.25, 0.3) is 0 Å². The summed E-state index contributed by atoms with van der Waals surface area (Å²) in [5, 5.41) is 3.44. The highest BCUT2D eigenvalue weighted by Gasteiger charge is 2.14. The number of alkyl halides is 1. The highest BCUT2D eigenvalue weighted by atomic mass is 79.9. The van der Waals surface area contributed by atoms with Gasteiger partial charge in [-0.05, 0) is 30.2 Å². The molecule has 24 heavy (non-hydrogen) atoms. The maximum atomic E-state index is 11.9. The number of nitrogens with zero attached hydrogens (tertiary/aromatic N) is 1. The summed E-state index contributed by atoms with van der Waals surface area (Å²) in [6.45, 7) is 2.48. The number of hydrogen-bond donors (Lipinski definition) is 1. The van der Waals surface area contributed by atoms with E-state index in [9.17, 15) is 4.79 Å². The van der Waals surface area contributed by atoms with E-state index in [1.807, 2.05) is 55.5 Å². The maximum Gasteiger partial charge on any atom is 0.239 e. The number of carbonyl (C=O) groups is 1. The van der Waals surface area contributed by atoms with E-state index >= 15 is 0 Å². The highest BCUT2D eigenvalue weighted by Crippen LogP contribution is 2.30. The van der Waals surface area contributed by atoms with Gasteiger partial charge in [0, 0.05) is 0 Å². The minimum Gasteiger partial charge on any atom is -0.489 e. The summed E-state index contributed by atoms with van der Waals surface area (Å²) in [7, 11) is 0. The summed E-state index contributed by atoms with van der Waals surface area (Å²) in [5.41, 5.74) is 1.97. The summed E-state index contributed by atoms with van der Waals surface area (Å²) >= 11 is 4.79. The Kier molecular flexibility index (Phi) is 5.48. The van der Waals surface area contributed by atoms with E-state index in [1.165, 1.54) is 11.3 Å². The van der Waals surface area contributed by atoms with Gasteiger partial charge in [-0.1, -0.05) is 64.5 Å². The maximum absolute atomic E-state index is 11.9. The molecule has 0 aliphatic heterocycles. The summed E-state index contributed by atoms with van der Waals surface area (Å²) < 4.78 is 6.81. The van der Waals surface area contributed by atoms with Gasteiger partial charge in [-0.25, -0.2) is 4.98 Å². The molecule has 4 nitrogen and oxygen atoms in total. The lowest BCUT2D eigenvalue weighted by atomic mass is 10.2. The number of halogens is 1. The Bertz CT molecular complexity index is 835. The second-order valence-corrected chi connectivity index (χ2v) is 7.42. The molecule has 0 aliphatic carbocycles. The van der Waals surface area contributed by atoms with Crippen LogP contribution in [0.1, 0.15) is 18.9 Å².